The number of nitrogens with one attached hydrogen (secondary N) is 1. The number of carbonyl (C=O) groups is 1. The zero-order chi connectivity index (χ0) is 15.1. The molecule has 0 aromatic heterocycles. The van der Waals surface area contributed by atoms with Crippen molar-refractivity contribution in [1.29, 1.82) is 0 Å². The van der Waals surface area contributed by atoms with E-state index in [0.717, 1.165) is 25.7 Å². The molecular weight excluding hydrogens is 270 g/mol. The molecule has 1 heterocycles. The SMILES string of the molecule is C=CCNC(CC(=O)OCC)[C@H]1COC2(CCCCC2)O1. The smallest absolute Gasteiger partial charge is 0.307 e. The van der Waals surface area contributed by atoms with Gasteiger partial charge in [0.25, 0.3) is 0 Å². The van der Waals surface area contributed by atoms with Crippen molar-refractivity contribution in [3.63, 3.8) is 0 Å². The quantitative estimate of drug-likeness (QED) is 0.576. The van der Waals surface area contributed by atoms with Crippen molar-refractivity contribution >= 4 is 5.97 Å². The number of rotatable bonds is 7. The summed E-state index contributed by atoms with van der Waals surface area (Å²) in [5.74, 6) is -0.613. The van der Waals surface area contributed by atoms with Gasteiger partial charge in [0, 0.05) is 25.4 Å². The fourth-order valence-electron chi connectivity index (χ4n) is 3.10. The maximum Gasteiger partial charge on any atom is 0.307 e. The van der Waals surface area contributed by atoms with Gasteiger partial charge in [-0.15, -0.1) is 6.58 Å². The molecule has 21 heavy (non-hydrogen) atoms. The van der Waals surface area contributed by atoms with E-state index in [-0.39, 0.29) is 18.1 Å². The summed E-state index contributed by atoms with van der Waals surface area (Å²) in [5.41, 5.74) is 0. The molecule has 1 N–H and O–H groups in total. The fraction of sp³-hybridized carbons (Fsp3) is 0.812. The molecule has 2 aliphatic rings. The van der Waals surface area contributed by atoms with Crippen LogP contribution in [0.15, 0.2) is 12.7 Å². The average Bonchev–Trinajstić information content (AvgIpc) is 2.88. The molecule has 1 aliphatic carbocycles. The van der Waals surface area contributed by atoms with Gasteiger partial charge in [-0.25, -0.2) is 0 Å². The molecule has 2 atom stereocenters. The first-order chi connectivity index (χ1) is 10.2. The highest BCUT2D eigenvalue weighted by atomic mass is 16.7. The Morgan fingerprint density at radius 3 is 2.90 bits per heavy atom. The molecule has 0 aromatic carbocycles. The molecule has 0 aromatic rings. The van der Waals surface area contributed by atoms with Crippen LogP contribution in [0.4, 0.5) is 0 Å². The molecule has 1 saturated carbocycles. The van der Waals surface area contributed by atoms with Crippen LogP contribution < -0.4 is 5.32 Å². The molecule has 0 amide bonds. The maximum absolute atomic E-state index is 11.8. The highest BCUT2D eigenvalue weighted by Gasteiger charge is 2.44. The van der Waals surface area contributed by atoms with Gasteiger partial charge in [-0.2, -0.15) is 0 Å². The first-order valence-corrected chi connectivity index (χ1v) is 8.01. The topological polar surface area (TPSA) is 56.8 Å². The second-order valence-electron chi connectivity index (χ2n) is 5.75. The van der Waals surface area contributed by atoms with E-state index in [2.05, 4.69) is 11.9 Å². The molecule has 120 valence electrons. The maximum atomic E-state index is 11.8. The van der Waals surface area contributed by atoms with Gasteiger partial charge < -0.3 is 19.5 Å². The van der Waals surface area contributed by atoms with Crippen molar-refractivity contribution in [3.8, 4) is 0 Å². The Kier molecular flexibility index (Phi) is 6.21. The Balaban J connectivity index is 1.93. The minimum Gasteiger partial charge on any atom is -0.466 e. The van der Waals surface area contributed by atoms with E-state index in [0.29, 0.717) is 26.2 Å². The molecule has 5 nitrogen and oxygen atoms in total. The predicted octanol–water partition coefficient (Wildman–Crippen LogP) is 2.16. The summed E-state index contributed by atoms with van der Waals surface area (Å²) in [7, 11) is 0. The average molecular weight is 297 g/mol. The molecule has 1 unspecified atom stereocenters. The number of ether oxygens (including phenoxy) is 3. The lowest BCUT2D eigenvalue weighted by molar-refractivity contribution is -0.190. The Bertz CT molecular complexity index is 352. The van der Waals surface area contributed by atoms with Gasteiger partial charge in [-0.1, -0.05) is 12.5 Å². The van der Waals surface area contributed by atoms with Gasteiger partial charge >= 0.3 is 5.97 Å². The molecule has 0 bridgehead atoms. The summed E-state index contributed by atoms with van der Waals surface area (Å²) in [5, 5.41) is 3.30. The van der Waals surface area contributed by atoms with Crippen molar-refractivity contribution in [3.05, 3.63) is 12.7 Å². The minimum atomic E-state index is -0.411. The van der Waals surface area contributed by atoms with Crippen LogP contribution in [0.25, 0.3) is 0 Å². The van der Waals surface area contributed by atoms with Crippen molar-refractivity contribution < 1.29 is 19.0 Å². The van der Waals surface area contributed by atoms with Crippen LogP contribution in [-0.2, 0) is 19.0 Å². The second kappa shape index (κ2) is 7.92. The largest absolute Gasteiger partial charge is 0.466 e. The summed E-state index contributed by atoms with van der Waals surface area (Å²) in [6, 6.07) is -0.0941. The molecular formula is C16H27NO4. The Labute approximate surface area is 127 Å². The first-order valence-electron chi connectivity index (χ1n) is 8.01. The third kappa shape index (κ3) is 4.53. The van der Waals surface area contributed by atoms with E-state index >= 15 is 0 Å². The lowest BCUT2D eigenvalue weighted by Gasteiger charge is -2.32. The monoisotopic (exact) mass is 297 g/mol. The third-order valence-electron chi connectivity index (χ3n) is 4.16. The summed E-state index contributed by atoms with van der Waals surface area (Å²) in [4.78, 5) is 11.8. The van der Waals surface area contributed by atoms with E-state index in [4.69, 9.17) is 14.2 Å². The standard InChI is InChI=1S/C16H27NO4/c1-3-10-17-13(11-15(18)19-4-2)14-12-20-16(21-14)8-6-5-7-9-16/h3,13-14,17H,1,4-12H2,2H3/t13?,14-/m1/s1. The van der Waals surface area contributed by atoms with Gasteiger partial charge in [-0.05, 0) is 19.8 Å². The van der Waals surface area contributed by atoms with Gasteiger partial charge in [0.2, 0.25) is 0 Å². The van der Waals surface area contributed by atoms with E-state index in [1.165, 1.54) is 6.42 Å². The number of hydrogen-bond donors (Lipinski definition) is 1. The summed E-state index contributed by atoms with van der Waals surface area (Å²) >= 11 is 0. The molecule has 5 heteroatoms. The Morgan fingerprint density at radius 1 is 1.48 bits per heavy atom. The molecule has 1 aliphatic heterocycles. The third-order valence-corrected chi connectivity index (χ3v) is 4.16. The second-order valence-corrected chi connectivity index (χ2v) is 5.75. The van der Waals surface area contributed by atoms with Crippen LogP contribution in [0.5, 0.6) is 0 Å². The first kappa shape index (κ1) is 16.5. The fourth-order valence-corrected chi connectivity index (χ4v) is 3.10. The summed E-state index contributed by atoms with van der Waals surface area (Å²) in [6.07, 6.45) is 7.43. The Hall–Kier alpha value is -0.910. The van der Waals surface area contributed by atoms with Crippen LogP contribution in [-0.4, -0.2) is 43.7 Å². The number of carbonyl (C=O) groups excluding carboxylic acids is 1. The zero-order valence-corrected chi connectivity index (χ0v) is 12.9. The normalized spacial score (nSPS) is 25.7. The van der Waals surface area contributed by atoms with Gasteiger partial charge in [-0.3, -0.25) is 4.79 Å². The van der Waals surface area contributed by atoms with E-state index in [9.17, 15) is 4.79 Å². The van der Waals surface area contributed by atoms with Crippen LogP contribution in [0.1, 0.15) is 45.4 Å². The van der Waals surface area contributed by atoms with E-state index in [1.807, 2.05) is 6.92 Å². The van der Waals surface area contributed by atoms with Gasteiger partial charge in [0.1, 0.15) is 6.10 Å². The van der Waals surface area contributed by atoms with Crippen molar-refractivity contribution in [2.75, 3.05) is 19.8 Å². The van der Waals surface area contributed by atoms with Gasteiger partial charge in [0.05, 0.1) is 19.6 Å². The number of hydrogen-bond acceptors (Lipinski definition) is 5. The Morgan fingerprint density at radius 2 is 2.24 bits per heavy atom. The molecule has 2 rings (SSSR count). The zero-order valence-electron chi connectivity index (χ0n) is 12.9. The lowest BCUT2D eigenvalue weighted by atomic mass is 9.94. The van der Waals surface area contributed by atoms with Crippen molar-refractivity contribution in [2.45, 2.75) is 63.4 Å². The van der Waals surface area contributed by atoms with E-state index < -0.39 is 5.79 Å². The number of esters is 1. The van der Waals surface area contributed by atoms with Crippen LogP contribution in [0, 0.1) is 0 Å². The molecule has 1 spiro atoms. The highest BCUT2D eigenvalue weighted by Crippen LogP contribution is 2.38. The van der Waals surface area contributed by atoms with Crippen molar-refractivity contribution in [2.24, 2.45) is 0 Å². The molecule has 2 fully saturated rings. The molecule has 1 saturated heterocycles. The highest BCUT2D eigenvalue weighted by molar-refractivity contribution is 5.70. The summed E-state index contributed by atoms with van der Waals surface area (Å²) < 4.78 is 17.2. The summed E-state index contributed by atoms with van der Waals surface area (Å²) in [6.45, 7) is 7.10. The lowest BCUT2D eigenvalue weighted by Crippen LogP contribution is -2.44. The predicted molar refractivity (Wildman–Crippen MR) is 79.9 cm³/mol. The van der Waals surface area contributed by atoms with Crippen LogP contribution >= 0.6 is 0 Å². The van der Waals surface area contributed by atoms with Crippen LogP contribution in [0.3, 0.4) is 0 Å². The minimum absolute atomic E-state index is 0.0941. The van der Waals surface area contributed by atoms with Gasteiger partial charge in [0.15, 0.2) is 5.79 Å². The van der Waals surface area contributed by atoms with Crippen molar-refractivity contribution in [1.82, 2.24) is 5.32 Å². The molecule has 0 radical (unpaired) electrons. The van der Waals surface area contributed by atoms with Crippen LogP contribution in [0.2, 0.25) is 0 Å². The van der Waals surface area contributed by atoms with E-state index in [1.54, 1.807) is 6.08 Å².